The smallest absolute Gasteiger partial charge is 0.220 e. The number of aliphatic imine (C=N–C) groups is 1. The van der Waals surface area contributed by atoms with Gasteiger partial charge in [0.05, 0.1) is 7.11 Å². The van der Waals surface area contributed by atoms with Crippen LogP contribution in [0.15, 0.2) is 65.7 Å². The van der Waals surface area contributed by atoms with E-state index in [0.717, 1.165) is 54.5 Å². The molecule has 3 aromatic rings. The Morgan fingerprint density at radius 2 is 1.71 bits per heavy atom. The van der Waals surface area contributed by atoms with Crippen LogP contribution in [-0.2, 0) is 29.8 Å². The number of methoxy groups -OCH3 is 1. The van der Waals surface area contributed by atoms with Crippen LogP contribution in [0.5, 0.6) is 5.75 Å². The number of hydroxylamine groups is 2. The van der Waals surface area contributed by atoms with Crippen molar-refractivity contribution in [3.63, 3.8) is 0 Å². The fourth-order valence-electron chi connectivity index (χ4n) is 6.10. The lowest BCUT2D eigenvalue weighted by molar-refractivity contribution is -0.224. The predicted molar refractivity (Wildman–Crippen MR) is 135 cm³/mol. The maximum Gasteiger partial charge on any atom is 0.220 e. The molecule has 1 heterocycles. The van der Waals surface area contributed by atoms with Gasteiger partial charge in [-0.15, -0.1) is 0 Å². The lowest BCUT2D eigenvalue weighted by Crippen LogP contribution is -2.43. The van der Waals surface area contributed by atoms with Crippen molar-refractivity contribution in [1.29, 1.82) is 0 Å². The molecule has 0 saturated heterocycles. The summed E-state index contributed by atoms with van der Waals surface area (Å²) in [5, 5.41) is 2.27. The summed E-state index contributed by atoms with van der Waals surface area (Å²) in [6.07, 6.45) is 4.91. The van der Waals surface area contributed by atoms with E-state index >= 15 is 0 Å². The van der Waals surface area contributed by atoms with Crippen molar-refractivity contribution in [2.45, 2.75) is 37.8 Å². The van der Waals surface area contributed by atoms with Crippen LogP contribution in [0.25, 0.3) is 11.1 Å². The molecule has 34 heavy (non-hydrogen) atoms. The van der Waals surface area contributed by atoms with E-state index in [1.807, 2.05) is 25.2 Å². The van der Waals surface area contributed by atoms with Crippen molar-refractivity contribution in [3.05, 3.63) is 87.9 Å². The zero-order valence-electron chi connectivity index (χ0n) is 19.5. The highest BCUT2D eigenvalue weighted by molar-refractivity contribution is 6.31. The topological polar surface area (TPSA) is 60.1 Å². The van der Waals surface area contributed by atoms with E-state index in [1.54, 1.807) is 12.2 Å². The van der Waals surface area contributed by atoms with Gasteiger partial charge in [-0.1, -0.05) is 48.0 Å². The van der Waals surface area contributed by atoms with Crippen LogP contribution in [0, 0.1) is 5.41 Å². The van der Waals surface area contributed by atoms with Crippen molar-refractivity contribution in [2.75, 3.05) is 14.2 Å². The third-order valence-corrected chi connectivity index (χ3v) is 8.11. The minimum absolute atomic E-state index is 0.172. The fraction of sp³-hybridized carbons (Fsp3) is 0.321. The summed E-state index contributed by atoms with van der Waals surface area (Å²) in [7, 11) is 3.50. The van der Waals surface area contributed by atoms with Gasteiger partial charge in [-0.25, -0.2) is 14.9 Å². The Morgan fingerprint density at radius 3 is 2.35 bits per heavy atom. The van der Waals surface area contributed by atoms with E-state index in [9.17, 15) is 0 Å². The van der Waals surface area contributed by atoms with E-state index in [4.69, 9.17) is 31.9 Å². The van der Waals surface area contributed by atoms with Gasteiger partial charge in [0, 0.05) is 23.0 Å². The first-order chi connectivity index (χ1) is 16.4. The summed E-state index contributed by atoms with van der Waals surface area (Å²) < 4.78 is 5.45. The highest BCUT2D eigenvalue weighted by Crippen LogP contribution is 2.61. The normalized spacial score (nSPS) is 22.4. The molecule has 0 aromatic heterocycles. The molecule has 1 aliphatic heterocycles. The largest absolute Gasteiger partial charge is 0.497 e. The van der Waals surface area contributed by atoms with Crippen LogP contribution in [0.4, 0.5) is 0 Å². The van der Waals surface area contributed by atoms with Crippen LogP contribution in [-0.4, -0.2) is 25.2 Å². The number of rotatable bonds is 2. The third kappa shape index (κ3) is 3.14. The van der Waals surface area contributed by atoms with Gasteiger partial charge < -0.3 is 10.5 Å². The molecule has 1 atom stereocenters. The molecular formula is C28H28ClN3O2. The van der Waals surface area contributed by atoms with Crippen LogP contribution in [0.3, 0.4) is 0 Å². The number of nitrogens with zero attached hydrogens (tertiary/aromatic N) is 2. The molecule has 174 valence electrons. The maximum absolute atomic E-state index is 6.61. The lowest BCUT2D eigenvalue weighted by Gasteiger charge is -2.40. The molecule has 6 rings (SSSR count). The molecule has 2 aliphatic carbocycles. The number of nitrogens with two attached hydrogens (primary N) is 1. The Morgan fingerprint density at radius 1 is 0.971 bits per heavy atom. The van der Waals surface area contributed by atoms with Crippen LogP contribution < -0.4 is 10.5 Å². The van der Waals surface area contributed by atoms with Gasteiger partial charge in [0.15, 0.2) is 0 Å². The number of halogens is 1. The molecule has 1 unspecified atom stereocenters. The van der Waals surface area contributed by atoms with Gasteiger partial charge in [-0.05, 0) is 84.2 Å². The third-order valence-electron chi connectivity index (χ3n) is 7.89. The summed E-state index contributed by atoms with van der Waals surface area (Å²) in [6, 6.07) is 21.2. The number of hydrogen-bond acceptors (Lipinski definition) is 5. The molecule has 0 amide bonds. The van der Waals surface area contributed by atoms with Gasteiger partial charge in [0.2, 0.25) is 11.7 Å². The summed E-state index contributed by atoms with van der Waals surface area (Å²) in [4.78, 5) is 11.7. The number of aryl methyl sites for hydroxylation is 2. The van der Waals surface area contributed by atoms with E-state index in [0.29, 0.717) is 11.0 Å². The second-order valence-corrected chi connectivity index (χ2v) is 10.1. The van der Waals surface area contributed by atoms with Crippen LogP contribution in [0.1, 0.15) is 35.1 Å². The van der Waals surface area contributed by atoms with Crippen molar-refractivity contribution in [1.82, 2.24) is 5.06 Å². The first-order valence-electron chi connectivity index (χ1n) is 11.8. The highest BCUT2D eigenvalue weighted by Gasteiger charge is 2.62. The zero-order chi connectivity index (χ0) is 23.5. The van der Waals surface area contributed by atoms with Crippen LogP contribution in [0.2, 0.25) is 5.02 Å². The number of ether oxygens (including phenoxy) is 1. The molecule has 0 fully saturated rings. The first-order valence-corrected chi connectivity index (χ1v) is 12.1. The van der Waals surface area contributed by atoms with Crippen molar-refractivity contribution in [3.8, 4) is 16.9 Å². The molecule has 2 spiro atoms. The summed E-state index contributed by atoms with van der Waals surface area (Å²) in [5.74, 6) is 1.15. The average Bonchev–Trinajstić information content (AvgIpc) is 3.19. The van der Waals surface area contributed by atoms with Gasteiger partial charge in [0.25, 0.3) is 0 Å². The van der Waals surface area contributed by atoms with E-state index < -0.39 is 5.72 Å². The summed E-state index contributed by atoms with van der Waals surface area (Å²) in [5.41, 5.74) is 12.6. The zero-order valence-corrected chi connectivity index (χ0v) is 20.2. The predicted octanol–water partition coefficient (Wildman–Crippen LogP) is 5.48. The minimum atomic E-state index is -0.831. The molecule has 2 N–H and O–H groups in total. The molecule has 0 bridgehead atoms. The summed E-state index contributed by atoms with van der Waals surface area (Å²) in [6.45, 7) is 0. The van der Waals surface area contributed by atoms with E-state index in [2.05, 4.69) is 42.5 Å². The van der Waals surface area contributed by atoms with Crippen molar-refractivity contribution >= 4 is 17.6 Å². The van der Waals surface area contributed by atoms with Gasteiger partial charge in [-0.2, -0.15) is 0 Å². The van der Waals surface area contributed by atoms with Crippen LogP contribution >= 0.6 is 11.6 Å². The highest BCUT2D eigenvalue weighted by atomic mass is 35.5. The standard InChI is InChI=1S/C28H28ClN3O2/c1-32-26(30)31-28(34-32)25-15-20(22-13-23(29)16-24(14-22)33-2)7-8-21(25)17-27(28)11-9-18-5-3-4-6-19(18)10-12-27/h3-8,13-16H,9-12,17H2,1-2H3,(H2,30,31). The Bertz CT molecular complexity index is 1290. The number of guanidine groups is 1. The monoisotopic (exact) mass is 473 g/mol. The quantitative estimate of drug-likeness (QED) is 0.535. The molecule has 3 aliphatic rings. The lowest BCUT2D eigenvalue weighted by atomic mass is 9.71. The molecule has 6 heteroatoms. The molecular weight excluding hydrogens is 446 g/mol. The van der Waals surface area contributed by atoms with Gasteiger partial charge >= 0.3 is 0 Å². The molecule has 3 aromatic carbocycles. The minimum Gasteiger partial charge on any atom is -0.497 e. The average molecular weight is 474 g/mol. The molecule has 0 radical (unpaired) electrons. The van der Waals surface area contributed by atoms with Gasteiger partial charge in [0.1, 0.15) is 5.75 Å². The Kier molecular flexibility index (Phi) is 4.91. The Hall–Kier alpha value is -3.02. The van der Waals surface area contributed by atoms with Crippen molar-refractivity contribution < 1.29 is 9.57 Å². The SMILES string of the molecule is COc1cc(Cl)cc(-c2ccc3c(c2)C2(N=C(N)N(C)O2)C2(CCc4ccccc4CC2)C3)c1. The van der Waals surface area contributed by atoms with E-state index in [1.165, 1.54) is 16.7 Å². The maximum atomic E-state index is 6.61. The Labute approximate surface area is 205 Å². The molecule has 0 saturated carbocycles. The van der Waals surface area contributed by atoms with E-state index in [-0.39, 0.29) is 5.41 Å². The Balaban J connectivity index is 1.48. The second-order valence-electron chi connectivity index (χ2n) is 9.68. The first kappa shape index (κ1) is 21.5. The summed E-state index contributed by atoms with van der Waals surface area (Å²) >= 11 is 6.38. The number of hydrogen-bond donors (Lipinski definition) is 1. The number of fused-ring (bicyclic) bond motifs is 4. The molecule has 5 nitrogen and oxygen atoms in total. The number of benzene rings is 3. The van der Waals surface area contributed by atoms with Crippen molar-refractivity contribution in [2.24, 2.45) is 16.1 Å². The van der Waals surface area contributed by atoms with Gasteiger partial charge in [-0.3, -0.25) is 0 Å². The fourth-order valence-corrected chi connectivity index (χ4v) is 6.32. The second kappa shape index (κ2) is 7.76.